The molecule has 5 nitrogen and oxygen atoms in total. The fourth-order valence-electron chi connectivity index (χ4n) is 5.23. The first-order valence-electron chi connectivity index (χ1n) is 12.9. The van der Waals surface area contributed by atoms with Crippen LogP contribution in [0, 0.1) is 11.6 Å². The number of benzene rings is 4. The summed E-state index contributed by atoms with van der Waals surface area (Å²) in [5.74, 6) is -2.49. The maximum Gasteiger partial charge on any atom is 0.257 e. The summed E-state index contributed by atoms with van der Waals surface area (Å²) in [7, 11) is 0. The van der Waals surface area contributed by atoms with Crippen LogP contribution in [0.15, 0.2) is 97.1 Å². The fourth-order valence-corrected chi connectivity index (χ4v) is 5.23. The van der Waals surface area contributed by atoms with Crippen molar-refractivity contribution in [2.75, 3.05) is 13.1 Å². The third-order valence-corrected chi connectivity index (χ3v) is 7.20. The van der Waals surface area contributed by atoms with Gasteiger partial charge in [-0.3, -0.25) is 4.79 Å². The molecule has 0 saturated carbocycles. The Labute approximate surface area is 224 Å². The normalized spacial score (nSPS) is 16.9. The fraction of sp³-hybridized carbons (Fsp3) is 0.156. The second kappa shape index (κ2) is 10.3. The number of hydrogen-bond acceptors (Lipinski definition) is 4. The molecule has 1 aliphatic rings. The summed E-state index contributed by atoms with van der Waals surface area (Å²) in [5.41, 5.74) is 4.91. The van der Waals surface area contributed by atoms with E-state index in [4.69, 9.17) is 9.97 Å². The maximum atomic E-state index is 14.3. The van der Waals surface area contributed by atoms with Crippen LogP contribution in [-0.4, -0.2) is 34.5 Å². The molecule has 1 aromatic heterocycles. The molecule has 2 heterocycles. The first-order valence-corrected chi connectivity index (χ1v) is 12.9. The zero-order chi connectivity index (χ0) is 26.8. The molecule has 1 amide bonds. The molecular weight excluding hydrogens is 494 g/mol. The van der Waals surface area contributed by atoms with Crippen molar-refractivity contribution < 1.29 is 13.6 Å². The molecule has 39 heavy (non-hydrogen) atoms. The van der Waals surface area contributed by atoms with Crippen molar-refractivity contribution in [2.45, 2.75) is 18.4 Å². The van der Waals surface area contributed by atoms with Gasteiger partial charge in [0, 0.05) is 17.7 Å². The quantitative estimate of drug-likeness (QED) is 0.291. The highest BCUT2D eigenvalue weighted by Gasteiger charge is 2.36. The number of fused-ring (bicyclic) bond motifs is 1. The summed E-state index contributed by atoms with van der Waals surface area (Å²) >= 11 is 0. The summed E-state index contributed by atoms with van der Waals surface area (Å²) in [6.07, 6.45) is 1.15. The van der Waals surface area contributed by atoms with E-state index in [-0.39, 0.29) is 0 Å². The Hall–Kier alpha value is -4.49. The number of para-hydroxylation sites is 2. The third-order valence-electron chi connectivity index (χ3n) is 7.20. The van der Waals surface area contributed by atoms with E-state index in [1.807, 2.05) is 78.9 Å². The molecule has 4 aromatic carbocycles. The first kappa shape index (κ1) is 24.8. The predicted octanol–water partition coefficient (Wildman–Crippen LogP) is 5.95. The molecule has 0 unspecified atom stereocenters. The van der Waals surface area contributed by atoms with Gasteiger partial charge in [-0.15, -0.1) is 0 Å². The van der Waals surface area contributed by atoms with Gasteiger partial charge in [-0.2, -0.15) is 0 Å². The van der Waals surface area contributed by atoms with E-state index < -0.39 is 28.6 Å². The highest BCUT2D eigenvalue weighted by Crippen LogP contribution is 2.32. The number of halogens is 2. The molecule has 194 valence electrons. The average Bonchev–Trinajstić information content (AvgIpc) is 3.40. The summed E-state index contributed by atoms with van der Waals surface area (Å²) in [5, 5.41) is 6.21. The summed E-state index contributed by atoms with van der Waals surface area (Å²) in [4.78, 5) is 22.8. The van der Waals surface area contributed by atoms with E-state index in [1.54, 1.807) is 0 Å². The van der Waals surface area contributed by atoms with Crippen molar-refractivity contribution in [1.82, 2.24) is 20.6 Å². The number of aromatic nitrogens is 2. The molecule has 1 saturated heterocycles. The molecule has 0 aliphatic carbocycles. The van der Waals surface area contributed by atoms with E-state index in [2.05, 4.69) is 10.6 Å². The van der Waals surface area contributed by atoms with Crippen LogP contribution < -0.4 is 10.6 Å². The first-order chi connectivity index (χ1) is 19.0. The van der Waals surface area contributed by atoms with Crippen LogP contribution in [0.5, 0.6) is 0 Å². The number of rotatable bonds is 6. The molecule has 6 rings (SSSR count). The van der Waals surface area contributed by atoms with Crippen LogP contribution in [0.25, 0.3) is 33.5 Å². The Kier molecular flexibility index (Phi) is 6.59. The molecule has 0 spiro atoms. The lowest BCUT2D eigenvalue weighted by Crippen LogP contribution is -2.52. The number of nitrogens with one attached hydrogen (secondary N) is 2. The van der Waals surface area contributed by atoms with Gasteiger partial charge in [0.2, 0.25) is 0 Å². The number of carbonyl (C=O) groups is 1. The van der Waals surface area contributed by atoms with Gasteiger partial charge in [-0.1, -0.05) is 72.8 Å². The van der Waals surface area contributed by atoms with Gasteiger partial charge < -0.3 is 10.6 Å². The summed E-state index contributed by atoms with van der Waals surface area (Å²) in [6, 6.07) is 29.3. The number of carbonyl (C=O) groups excluding carboxylic acids is 1. The van der Waals surface area contributed by atoms with Crippen molar-refractivity contribution >= 4 is 16.9 Å². The van der Waals surface area contributed by atoms with E-state index in [9.17, 15) is 13.6 Å². The highest BCUT2D eigenvalue weighted by molar-refractivity contribution is 5.95. The molecule has 0 bridgehead atoms. The van der Waals surface area contributed by atoms with Gasteiger partial charge in [0.15, 0.2) is 0 Å². The second-order valence-electron chi connectivity index (χ2n) is 9.91. The van der Waals surface area contributed by atoms with Crippen molar-refractivity contribution in [3.05, 3.63) is 120 Å². The molecule has 1 atom stereocenters. The minimum Gasteiger partial charge on any atom is -0.345 e. The standard InChI is InChI=1S/C32H26F2N4O/c33-24-9-6-10-25(34)28(24)31(39)38-32(17-18-35-20-32)19-21-13-15-23(16-14-21)30-29(22-7-2-1-3-8-22)36-26-11-4-5-12-27(26)37-30/h1-16,35H,17-20H2,(H,38,39)/t32-/m0/s1. The lowest BCUT2D eigenvalue weighted by molar-refractivity contribution is 0.0896. The van der Waals surface area contributed by atoms with Gasteiger partial charge in [-0.25, -0.2) is 18.7 Å². The monoisotopic (exact) mass is 520 g/mol. The van der Waals surface area contributed by atoms with Gasteiger partial charge in [-0.05, 0) is 49.2 Å². The zero-order valence-electron chi connectivity index (χ0n) is 21.1. The molecule has 7 heteroatoms. The highest BCUT2D eigenvalue weighted by atomic mass is 19.1. The predicted molar refractivity (Wildman–Crippen MR) is 148 cm³/mol. The second-order valence-corrected chi connectivity index (χ2v) is 9.91. The Morgan fingerprint density at radius 2 is 1.36 bits per heavy atom. The molecular formula is C32H26F2N4O. The average molecular weight is 521 g/mol. The Morgan fingerprint density at radius 1 is 0.769 bits per heavy atom. The topological polar surface area (TPSA) is 66.9 Å². The molecule has 0 radical (unpaired) electrons. The molecule has 2 N–H and O–H groups in total. The van der Waals surface area contributed by atoms with Crippen molar-refractivity contribution in [2.24, 2.45) is 0 Å². The van der Waals surface area contributed by atoms with Crippen LogP contribution in [0.2, 0.25) is 0 Å². The molecule has 1 fully saturated rings. The lowest BCUT2D eigenvalue weighted by Gasteiger charge is -2.30. The molecule has 1 aliphatic heterocycles. The minimum absolute atomic E-state index is 0.505. The van der Waals surface area contributed by atoms with Gasteiger partial charge in [0.25, 0.3) is 5.91 Å². The lowest BCUT2D eigenvalue weighted by atomic mass is 9.88. The van der Waals surface area contributed by atoms with Crippen molar-refractivity contribution in [1.29, 1.82) is 0 Å². The van der Waals surface area contributed by atoms with Crippen LogP contribution in [0.1, 0.15) is 22.3 Å². The Balaban J connectivity index is 1.31. The largest absolute Gasteiger partial charge is 0.345 e. The van der Waals surface area contributed by atoms with Crippen LogP contribution in [0.3, 0.4) is 0 Å². The minimum atomic E-state index is -0.872. The van der Waals surface area contributed by atoms with E-state index >= 15 is 0 Å². The van der Waals surface area contributed by atoms with Crippen molar-refractivity contribution in [3.8, 4) is 22.5 Å². The summed E-state index contributed by atoms with van der Waals surface area (Å²) in [6.45, 7) is 1.20. The Bertz CT molecular complexity index is 1630. The van der Waals surface area contributed by atoms with Gasteiger partial charge in [0.05, 0.1) is 28.0 Å². The smallest absolute Gasteiger partial charge is 0.257 e. The van der Waals surface area contributed by atoms with Gasteiger partial charge in [0.1, 0.15) is 17.2 Å². The maximum absolute atomic E-state index is 14.3. The van der Waals surface area contributed by atoms with Crippen LogP contribution in [-0.2, 0) is 6.42 Å². The van der Waals surface area contributed by atoms with Crippen LogP contribution in [0.4, 0.5) is 8.78 Å². The van der Waals surface area contributed by atoms with Gasteiger partial charge >= 0.3 is 0 Å². The summed E-state index contributed by atoms with van der Waals surface area (Å²) < 4.78 is 28.5. The number of hydrogen-bond donors (Lipinski definition) is 2. The third kappa shape index (κ3) is 5.01. The van der Waals surface area contributed by atoms with E-state index in [0.717, 1.165) is 51.2 Å². The van der Waals surface area contributed by atoms with E-state index in [0.29, 0.717) is 25.9 Å². The SMILES string of the molecule is O=C(N[C@]1(Cc2ccc(-c3nc4ccccc4nc3-c3ccccc3)cc2)CCNC1)c1c(F)cccc1F. The van der Waals surface area contributed by atoms with Crippen molar-refractivity contribution in [3.63, 3.8) is 0 Å². The molecule has 5 aromatic rings. The van der Waals surface area contributed by atoms with Crippen LogP contribution >= 0.6 is 0 Å². The zero-order valence-corrected chi connectivity index (χ0v) is 21.1. The number of nitrogens with zero attached hydrogens (tertiary/aromatic N) is 2. The number of amides is 1. The Morgan fingerprint density at radius 3 is 1.95 bits per heavy atom. The van der Waals surface area contributed by atoms with E-state index in [1.165, 1.54) is 6.07 Å².